The van der Waals surface area contributed by atoms with Gasteiger partial charge in [-0.3, -0.25) is 0 Å². The molecule has 8 aromatic carbocycles. The first-order chi connectivity index (χ1) is 24.9. The summed E-state index contributed by atoms with van der Waals surface area (Å²) >= 11 is 1.70. The normalized spacial score (nSPS) is 12.9. The molecule has 0 saturated heterocycles. The molecule has 0 aromatic heterocycles. The van der Waals surface area contributed by atoms with E-state index in [1.807, 2.05) is 6.92 Å². The maximum atomic E-state index is 11.8. The van der Waals surface area contributed by atoms with Gasteiger partial charge < -0.3 is 10.2 Å². The Hall–Kier alpha value is -5.25. The predicted octanol–water partition coefficient (Wildman–Crippen LogP) is 13.4. The summed E-state index contributed by atoms with van der Waals surface area (Å²) in [6, 6.07) is 47.5. The molecule has 0 heterocycles. The van der Waals surface area contributed by atoms with E-state index in [0.717, 1.165) is 44.9 Å². The van der Waals surface area contributed by atoms with E-state index in [2.05, 4.69) is 154 Å². The van der Waals surface area contributed by atoms with Crippen molar-refractivity contribution >= 4 is 54.9 Å². The summed E-state index contributed by atoms with van der Waals surface area (Å²) in [5.41, 5.74) is 6.19. The Morgan fingerprint density at radius 3 is 1.47 bits per heavy atom. The maximum Gasteiger partial charge on any atom is 0.122 e. The van der Waals surface area contributed by atoms with Crippen LogP contribution < -0.4 is 0 Å². The minimum atomic E-state index is -0.0500. The van der Waals surface area contributed by atoms with Crippen molar-refractivity contribution in [3.8, 4) is 11.5 Å². The van der Waals surface area contributed by atoms with E-state index in [1.165, 1.54) is 54.2 Å². The van der Waals surface area contributed by atoms with Crippen LogP contribution in [0.3, 0.4) is 0 Å². The van der Waals surface area contributed by atoms with E-state index in [-0.39, 0.29) is 11.8 Å². The summed E-state index contributed by atoms with van der Waals surface area (Å²) in [7, 11) is 0. The van der Waals surface area contributed by atoms with Gasteiger partial charge in [-0.25, -0.2) is 0 Å². The molecule has 8 aromatic rings. The van der Waals surface area contributed by atoms with Crippen molar-refractivity contribution in [3.63, 3.8) is 0 Å². The van der Waals surface area contributed by atoms with Crippen LogP contribution in [0.2, 0.25) is 0 Å². The van der Waals surface area contributed by atoms with Crippen LogP contribution in [0.4, 0.5) is 0 Å². The van der Waals surface area contributed by atoms with Crippen LogP contribution in [-0.4, -0.2) is 10.2 Å². The molecule has 0 amide bonds. The smallest absolute Gasteiger partial charge is 0.122 e. The summed E-state index contributed by atoms with van der Waals surface area (Å²) in [6.45, 7) is 8.54. The average Bonchev–Trinajstić information content (AvgIpc) is 3.15. The monoisotopic (exact) mass is 682 g/mol. The molecule has 2 unspecified atom stereocenters. The molecule has 8 rings (SSSR count). The zero-order valence-electron chi connectivity index (χ0n) is 29.6. The molecule has 0 spiro atoms. The Labute approximate surface area is 304 Å². The average molecular weight is 683 g/mol. The minimum Gasteiger partial charge on any atom is -0.507 e. The molecular formula is C48H42O2S. The zero-order chi connectivity index (χ0) is 35.2. The Bertz CT molecular complexity index is 2490. The number of aromatic hydroxyl groups is 2. The van der Waals surface area contributed by atoms with E-state index < -0.39 is 0 Å². The van der Waals surface area contributed by atoms with E-state index >= 15 is 0 Å². The lowest BCUT2D eigenvalue weighted by Gasteiger charge is -2.24. The maximum absolute atomic E-state index is 11.8. The lowest BCUT2D eigenvalue weighted by Crippen LogP contribution is -2.04. The second-order valence-corrected chi connectivity index (χ2v) is 14.9. The molecule has 51 heavy (non-hydrogen) atoms. The predicted molar refractivity (Wildman–Crippen MR) is 217 cm³/mol. The third kappa shape index (κ3) is 5.80. The quantitative estimate of drug-likeness (QED) is 0.157. The van der Waals surface area contributed by atoms with E-state index in [4.69, 9.17) is 0 Å². The van der Waals surface area contributed by atoms with Gasteiger partial charge in [0.15, 0.2) is 0 Å². The standard InChI is InChI=1S/C48H42O2S/c1-5-31-26-37(28-44(48(31)50)38(6-2)46-41-21-13-9-17-34(41)25-35-18-10-14-22-42(35)46)51-36-23-29(3)47(49)43(27-36)30(4)45-39-19-11-7-15-32(39)24-33-16-8-12-20-40(33)45/h7-28,30,38,49-50H,5-6H2,1-4H3. The fraction of sp³-hybridized carbons (Fsp3) is 0.167. The summed E-state index contributed by atoms with van der Waals surface area (Å²) in [6.07, 6.45) is 1.58. The number of phenols is 2. The number of phenolic OH excluding ortho intramolecular Hbond substituents is 2. The Balaban J connectivity index is 1.25. The van der Waals surface area contributed by atoms with E-state index in [1.54, 1.807) is 11.8 Å². The van der Waals surface area contributed by atoms with Crippen molar-refractivity contribution in [1.82, 2.24) is 0 Å². The molecule has 0 saturated carbocycles. The van der Waals surface area contributed by atoms with Crippen molar-refractivity contribution in [2.75, 3.05) is 0 Å². The molecule has 0 aliphatic rings. The molecule has 3 heteroatoms. The topological polar surface area (TPSA) is 40.5 Å². The van der Waals surface area contributed by atoms with Gasteiger partial charge >= 0.3 is 0 Å². The van der Waals surface area contributed by atoms with Crippen LogP contribution in [0.5, 0.6) is 11.5 Å². The van der Waals surface area contributed by atoms with Crippen molar-refractivity contribution in [2.45, 2.75) is 62.2 Å². The number of benzene rings is 8. The fourth-order valence-corrected chi connectivity index (χ4v) is 9.34. The highest BCUT2D eigenvalue weighted by Gasteiger charge is 2.25. The molecular weight excluding hydrogens is 641 g/mol. The van der Waals surface area contributed by atoms with Crippen molar-refractivity contribution in [3.05, 3.63) is 167 Å². The second-order valence-electron chi connectivity index (χ2n) is 13.8. The van der Waals surface area contributed by atoms with Crippen LogP contribution in [0.1, 0.15) is 72.4 Å². The van der Waals surface area contributed by atoms with Crippen molar-refractivity contribution in [1.29, 1.82) is 0 Å². The highest BCUT2D eigenvalue weighted by Crippen LogP contribution is 2.47. The summed E-state index contributed by atoms with van der Waals surface area (Å²) in [5, 5.41) is 33.1. The molecule has 2 N–H and O–H groups in total. The van der Waals surface area contributed by atoms with Crippen LogP contribution in [-0.2, 0) is 6.42 Å². The van der Waals surface area contributed by atoms with Crippen LogP contribution in [0, 0.1) is 6.92 Å². The van der Waals surface area contributed by atoms with Crippen LogP contribution in [0.15, 0.2) is 143 Å². The van der Waals surface area contributed by atoms with Gasteiger partial charge in [0.1, 0.15) is 11.5 Å². The van der Waals surface area contributed by atoms with Gasteiger partial charge in [0.2, 0.25) is 0 Å². The van der Waals surface area contributed by atoms with Gasteiger partial charge in [-0.05, 0) is 122 Å². The van der Waals surface area contributed by atoms with Crippen LogP contribution >= 0.6 is 11.8 Å². The number of hydrogen-bond donors (Lipinski definition) is 2. The third-order valence-electron chi connectivity index (χ3n) is 10.8. The summed E-state index contributed by atoms with van der Waals surface area (Å²) in [4.78, 5) is 2.15. The highest BCUT2D eigenvalue weighted by molar-refractivity contribution is 7.99. The van der Waals surface area contributed by atoms with E-state index in [0.29, 0.717) is 11.5 Å². The first kappa shape index (κ1) is 32.9. The van der Waals surface area contributed by atoms with Gasteiger partial charge in [-0.15, -0.1) is 0 Å². The fourth-order valence-electron chi connectivity index (χ4n) is 8.26. The molecule has 0 aliphatic heterocycles. The molecule has 0 radical (unpaired) electrons. The third-order valence-corrected chi connectivity index (χ3v) is 11.7. The minimum absolute atomic E-state index is 0.00336. The first-order valence-corrected chi connectivity index (χ1v) is 18.9. The molecule has 0 fully saturated rings. The largest absolute Gasteiger partial charge is 0.507 e. The van der Waals surface area contributed by atoms with Crippen LogP contribution in [0.25, 0.3) is 43.1 Å². The molecule has 2 atom stereocenters. The van der Waals surface area contributed by atoms with Gasteiger partial charge in [-0.1, -0.05) is 130 Å². The van der Waals surface area contributed by atoms with Gasteiger partial charge in [0.25, 0.3) is 0 Å². The van der Waals surface area contributed by atoms with Gasteiger partial charge in [-0.2, -0.15) is 0 Å². The SMILES string of the molecule is CCc1cc(Sc2cc(C)c(O)c(C(C)c3c4ccccc4cc4ccccc34)c2)cc(C(CC)c2c3ccccc3cc3ccccc23)c1O. The van der Waals surface area contributed by atoms with Gasteiger partial charge in [0, 0.05) is 32.8 Å². The lowest BCUT2D eigenvalue weighted by atomic mass is 9.82. The summed E-state index contributed by atoms with van der Waals surface area (Å²) in [5.74, 6) is 0.692. The number of fused-ring (bicyclic) bond motifs is 4. The Kier molecular flexibility index (Phi) is 8.69. The molecule has 0 bridgehead atoms. The molecule has 2 nitrogen and oxygen atoms in total. The Morgan fingerprint density at radius 2 is 0.980 bits per heavy atom. The first-order valence-electron chi connectivity index (χ1n) is 18.0. The molecule has 252 valence electrons. The second kappa shape index (κ2) is 13.5. The van der Waals surface area contributed by atoms with Crippen molar-refractivity contribution in [2.24, 2.45) is 0 Å². The number of hydrogen-bond acceptors (Lipinski definition) is 3. The lowest BCUT2D eigenvalue weighted by molar-refractivity contribution is 0.457. The number of aryl methyl sites for hydroxylation is 2. The molecule has 0 aliphatic carbocycles. The Morgan fingerprint density at radius 1 is 0.529 bits per heavy atom. The highest BCUT2D eigenvalue weighted by atomic mass is 32.2. The zero-order valence-corrected chi connectivity index (χ0v) is 30.4. The summed E-state index contributed by atoms with van der Waals surface area (Å²) < 4.78 is 0. The van der Waals surface area contributed by atoms with E-state index in [9.17, 15) is 10.2 Å². The van der Waals surface area contributed by atoms with Crippen molar-refractivity contribution < 1.29 is 10.2 Å². The number of rotatable bonds is 8. The van der Waals surface area contributed by atoms with Gasteiger partial charge in [0.05, 0.1) is 0 Å².